The highest BCUT2D eigenvalue weighted by Crippen LogP contribution is 2.72. The van der Waals surface area contributed by atoms with E-state index < -0.39 is 27.9 Å². The molecular weight excluding hydrogens is 531 g/mol. The number of nitrogens with zero attached hydrogens (tertiary/aromatic N) is 1. The van der Waals surface area contributed by atoms with E-state index in [0.717, 1.165) is 35.5 Å². The van der Waals surface area contributed by atoms with Crippen LogP contribution in [0.25, 0.3) is 6.08 Å². The van der Waals surface area contributed by atoms with Crippen molar-refractivity contribution in [3.8, 4) is 0 Å². The Hall–Kier alpha value is -0.990. The molecule has 6 nitrogen and oxygen atoms in total. The number of rotatable bonds is 2. The van der Waals surface area contributed by atoms with Gasteiger partial charge < -0.3 is 15.5 Å². The van der Waals surface area contributed by atoms with Gasteiger partial charge in [-0.3, -0.25) is 9.59 Å². The molecule has 0 unspecified atom stereocenters. The summed E-state index contributed by atoms with van der Waals surface area (Å²) in [5, 5.41) is 27.9. The number of hydrogen-bond acceptors (Lipinski definition) is 6. The van der Waals surface area contributed by atoms with Crippen LogP contribution in [0, 0.1) is 35.5 Å². The SMILES string of the molecule is C/C(=C\c1csc(C)n1)[C@@H]1C[C@@H]2C(Cl)(Cl)[C@]2(C)CCC[C@H](C)[C@H](O)[C@@H](C)C(=O)C(C)(C)[C@@H](O)CC(=O)N1. The highest BCUT2D eigenvalue weighted by atomic mass is 35.5. The van der Waals surface area contributed by atoms with Crippen molar-refractivity contribution < 1.29 is 19.8 Å². The van der Waals surface area contributed by atoms with Gasteiger partial charge in [-0.2, -0.15) is 0 Å². The Kier molecular flexibility index (Phi) is 9.28. The number of aryl methyl sites for hydroxylation is 1. The number of carbonyl (C=O) groups excluding carboxylic acids is 2. The molecule has 0 bridgehead atoms. The van der Waals surface area contributed by atoms with Gasteiger partial charge in [-0.15, -0.1) is 34.5 Å². The topological polar surface area (TPSA) is 99.5 Å². The number of hydrogen-bond donors (Lipinski definition) is 3. The summed E-state index contributed by atoms with van der Waals surface area (Å²) in [5.74, 6) is -1.42. The van der Waals surface area contributed by atoms with Crippen LogP contribution < -0.4 is 5.32 Å². The number of alkyl halides is 2. The summed E-state index contributed by atoms with van der Waals surface area (Å²) < 4.78 is -0.923. The number of halogens is 2. The van der Waals surface area contributed by atoms with Crippen molar-refractivity contribution in [2.45, 2.75) is 103 Å². The highest BCUT2D eigenvalue weighted by Gasteiger charge is 2.72. The third-order valence-corrected chi connectivity index (χ3v) is 11.1. The van der Waals surface area contributed by atoms with Crippen LogP contribution in [-0.4, -0.2) is 49.5 Å². The van der Waals surface area contributed by atoms with Gasteiger partial charge in [0, 0.05) is 22.6 Å². The summed E-state index contributed by atoms with van der Waals surface area (Å²) in [6, 6.07) is -0.350. The average Bonchev–Trinajstić information content (AvgIpc) is 3.06. The van der Waals surface area contributed by atoms with E-state index in [-0.39, 0.29) is 41.4 Å². The molecule has 1 aromatic rings. The van der Waals surface area contributed by atoms with E-state index >= 15 is 0 Å². The fourth-order valence-electron chi connectivity index (χ4n) is 5.84. The third-order valence-electron chi connectivity index (χ3n) is 8.96. The number of amides is 1. The number of ketones is 1. The second-order valence-electron chi connectivity index (χ2n) is 12.1. The fourth-order valence-corrected chi connectivity index (χ4v) is 7.42. The van der Waals surface area contributed by atoms with Crippen molar-refractivity contribution in [3.63, 3.8) is 0 Å². The molecule has 9 heteroatoms. The van der Waals surface area contributed by atoms with Crippen LogP contribution in [0.5, 0.6) is 0 Å². The molecule has 0 radical (unpaired) electrons. The molecule has 7 atom stereocenters. The first kappa shape index (κ1) is 30.6. The van der Waals surface area contributed by atoms with E-state index in [9.17, 15) is 19.8 Å². The van der Waals surface area contributed by atoms with Gasteiger partial charge in [0.2, 0.25) is 5.91 Å². The Morgan fingerprint density at radius 1 is 1.22 bits per heavy atom. The van der Waals surface area contributed by atoms with Gasteiger partial charge >= 0.3 is 0 Å². The molecule has 1 aliphatic heterocycles. The van der Waals surface area contributed by atoms with Gasteiger partial charge in [-0.25, -0.2) is 4.98 Å². The zero-order chi connectivity index (χ0) is 27.9. The first-order valence-corrected chi connectivity index (χ1v) is 14.8. The van der Waals surface area contributed by atoms with E-state index in [0.29, 0.717) is 6.42 Å². The van der Waals surface area contributed by atoms with Crippen LogP contribution in [0.2, 0.25) is 0 Å². The smallest absolute Gasteiger partial charge is 0.223 e. The molecule has 208 valence electrons. The molecule has 2 heterocycles. The lowest BCUT2D eigenvalue weighted by Crippen LogP contribution is -2.47. The second-order valence-corrected chi connectivity index (χ2v) is 14.5. The molecular formula is C28H42Cl2N2O4S. The maximum absolute atomic E-state index is 13.3. The number of aliphatic hydroxyl groups excluding tert-OH is 2. The van der Waals surface area contributed by atoms with Gasteiger partial charge in [0.15, 0.2) is 0 Å². The van der Waals surface area contributed by atoms with Crippen molar-refractivity contribution in [2.24, 2.45) is 28.6 Å². The Labute approximate surface area is 235 Å². The van der Waals surface area contributed by atoms with Gasteiger partial charge in [0.1, 0.15) is 10.1 Å². The molecule has 3 N–H and O–H groups in total. The quantitative estimate of drug-likeness (QED) is 0.394. The summed E-state index contributed by atoms with van der Waals surface area (Å²) >= 11 is 15.2. The van der Waals surface area contributed by atoms with E-state index in [4.69, 9.17) is 23.2 Å². The number of fused-ring (bicyclic) bond motifs is 1. The van der Waals surface area contributed by atoms with Crippen LogP contribution in [0.15, 0.2) is 11.0 Å². The van der Waals surface area contributed by atoms with Crippen molar-refractivity contribution in [1.29, 1.82) is 0 Å². The molecule has 3 rings (SSSR count). The van der Waals surface area contributed by atoms with Crippen LogP contribution in [0.1, 0.15) is 84.3 Å². The molecule has 1 aromatic heterocycles. The molecule has 2 aliphatic rings. The maximum Gasteiger partial charge on any atom is 0.223 e. The number of carbonyl (C=O) groups is 2. The Balaban J connectivity index is 1.93. The Morgan fingerprint density at radius 3 is 2.46 bits per heavy atom. The van der Waals surface area contributed by atoms with E-state index in [1.807, 2.05) is 32.2 Å². The largest absolute Gasteiger partial charge is 0.392 e. The fraction of sp³-hybridized carbons (Fsp3) is 0.750. The van der Waals surface area contributed by atoms with Gasteiger partial charge in [0.05, 0.1) is 40.8 Å². The van der Waals surface area contributed by atoms with Crippen LogP contribution >= 0.6 is 34.5 Å². The van der Waals surface area contributed by atoms with E-state index in [1.165, 1.54) is 0 Å². The summed E-state index contributed by atoms with van der Waals surface area (Å²) in [6.07, 6.45) is 2.57. The normalized spacial score (nSPS) is 37.5. The summed E-state index contributed by atoms with van der Waals surface area (Å²) in [7, 11) is 0. The predicted octanol–water partition coefficient (Wildman–Crippen LogP) is 5.70. The average molecular weight is 574 g/mol. The first-order valence-electron chi connectivity index (χ1n) is 13.2. The maximum atomic E-state index is 13.3. The van der Waals surface area contributed by atoms with E-state index in [1.54, 1.807) is 32.1 Å². The Bertz CT molecular complexity index is 1040. The summed E-state index contributed by atoms with van der Waals surface area (Å²) in [4.78, 5) is 31.0. The zero-order valence-corrected chi connectivity index (χ0v) is 25.3. The van der Waals surface area contributed by atoms with Gasteiger partial charge in [0.25, 0.3) is 0 Å². The lowest BCUT2D eigenvalue weighted by Gasteiger charge is -2.34. The minimum atomic E-state index is -1.20. The second kappa shape index (κ2) is 11.2. The first-order chi connectivity index (χ1) is 17.0. The highest BCUT2D eigenvalue weighted by molar-refractivity contribution is 7.09. The molecule has 1 amide bonds. The monoisotopic (exact) mass is 572 g/mol. The van der Waals surface area contributed by atoms with Crippen LogP contribution in [-0.2, 0) is 9.59 Å². The zero-order valence-electron chi connectivity index (χ0n) is 23.0. The van der Waals surface area contributed by atoms with Gasteiger partial charge in [-0.05, 0) is 50.7 Å². The molecule has 1 saturated carbocycles. The molecule has 1 saturated heterocycles. The van der Waals surface area contributed by atoms with Crippen molar-refractivity contribution in [2.75, 3.05) is 0 Å². The standard InChI is InChI=1S/C28H42Cl2N2O4S/c1-15-9-8-10-27(7)21(28(27,29)30)12-20(16(2)11-19-14-37-18(4)31-19)32-23(34)13-22(33)26(5,6)25(36)17(3)24(15)35/h11,14-15,17,20-22,24,33,35H,8-10,12-13H2,1-7H3,(H,32,34)/b16-11+/t15-,17+,20-,21-,22-,24-,27+/m0/s1. The number of Topliss-reactive ketones (excluding diaryl/α,β-unsaturated/α-hetero) is 1. The Morgan fingerprint density at radius 2 is 1.86 bits per heavy atom. The number of aromatic nitrogens is 1. The number of aliphatic hydroxyl groups is 2. The van der Waals surface area contributed by atoms with Crippen LogP contribution in [0.4, 0.5) is 0 Å². The predicted molar refractivity (Wildman–Crippen MR) is 151 cm³/mol. The molecule has 2 fully saturated rings. The molecule has 37 heavy (non-hydrogen) atoms. The number of thiazole rings is 1. The molecule has 0 aromatic carbocycles. The minimum absolute atomic E-state index is 0.0378. The van der Waals surface area contributed by atoms with Crippen molar-refractivity contribution in [1.82, 2.24) is 10.3 Å². The number of nitrogens with one attached hydrogen (secondary N) is 1. The summed E-state index contributed by atoms with van der Waals surface area (Å²) in [6.45, 7) is 12.9. The molecule has 0 spiro atoms. The van der Waals surface area contributed by atoms with Crippen molar-refractivity contribution >= 4 is 52.3 Å². The van der Waals surface area contributed by atoms with Crippen molar-refractivity contribution in [3.05, 3.63) is 21.7 Å². The lowest BCUT2D eigenvalue weighted by atomic mass is 9.72. The minimum Gasteiger partial charge on any atom is -0.392 e. The van der Waals surface area contributed by atoms with Crippen LogP contribution in [0.3, 0.4) is 0 Å². The summed E-state index contributed by atoms with van der Waals surface area (Å²) in [5.41, 5.74) is 0.231. The van der Waals surface area contributed by atoms with E-state index in [2.05, 4.69) is 17.2 Å². The third kappa shape index (κ3) is 6.27. The molecule has 1 aliphatic carbocycles. The van der Waals surface area contributed by atoms with Gasteiger partial charge in [-0.1, -0.05) is 41.0 Å². The lowest BCUT2D eigenvalue weighted by molar-refractivity contribution is -0.143.